The summed E-state index contributed by atoms with van der Waals surface area (Å²) in [5, 5.41) is 11.6. The van der Waals surface area contributed by atoms with Crippen LogP contribution in [0.5, 0.6) is 0 Å². The van der Waals surface area contributed by atoms with E-state index in [2.05, 4.69) is 38.0 Å². The minimum Gasteiger partial charge on any atom is -0.860 e. The van der Waals surface area contributed by atoms with E-state index in [0.29, 0.717) is 24.0 Å². The third-order valence-electron chi connectivity index (χ3n) is 6.43. The molecule has 4 rings (SSSR count). The third-order valence-corrected chi connectivity index (χ3v) is 6.43. The first kappa shape index (κ1) is 13.8. The average molecular weight is 291 g/mol. The van der Waals surface area contributed by atoms with Gasteiger partial charge in [-0.2, -0.15) is 0 Å². The minimum absolute atomic E-state index is 0.270. The van der Waals surface area contributed by atoms with Crippen LogP contribution in [0, 0.1) is 54.3 Å². The van der Waals surface area contributed by atoms with E-state index < -0.39 is 10.8 Å². The number of fused-ring (bicyclic) bond motifs is 5. The fourth-order valence-corrected chi connectivity index (χ4v) is 5.33. The standard InChI is InChI=1S/C20H19O2/c1-12-10-14-15-4-5-18(22)20(15,3)9-7-16(14)19(2)8-6-13(21)11-17(12)19/h14-16H,1-5,7,9-10H2/t14-,15-,16-,19+,20-/m0/s1. The number of Topliss-reactive ketones (excluding diaryl/α,β-unsaturated/α-hetero) is 1. The topological polar surface area (TPSA) is 40.1 Å². The Labute approximate surface area is 132 Å². The van der Waals surface area contributed by atoms with Crippen LogP contribution in [-0.4, -0.2) is 5.78 Å². The number of carbonyl (C=O) groups excluding carboxylic acids is 1. The molecule has 2 heteroatoms. The molecule has 0 aromatic rings. The van der Waals surface area contributed by atoms with Crippen LogP contribution < -0.4 is 5.11 Å². The Hall–Kier alpha value is -1.84. The summed E-state index contributed by atoms with van der Waals surface area (Å²) in [4.78, 5) is 12.3. The van der Waals surface area contributed by atoms with Crippen molar-refractivity contribution in [1.82, 2.24) is 0 Å². The Morgan fingerprint density at radius 2 is 2.09 bits per heavy atom. The zero-order chi connectivity index (χ0) is 15.7. The van der Waals surface area contributed by atoms with Gasteiger partial charge in [-0.05, 0) is 61.7 Å². The fourth-order valence-electron chi connectivity index (χ4n) is 5.33. The molecule has 0 aromatic heterocycles. The maximum absolute atomic E-state index is 12.3. The molecule has 111 valence electrons. The number of hydrogen-bond donors (Lipinski definition) is 0. The van der Waals surface area contributed by atoms with E-state index in [1.165, 1.54) is 0 Å². The summed E-state index contributed by atoms with van der Waals surface area (Å²) < 4.78 is 0. The highest BCUT2D eigenvalue weighted by atomic mass is 16.3. The van der Waals surface area contributed by atoms with E-state index in [0.717, 1.165) is 36.8 Å². The van der Waals surface area contributed by atoms with Crippen LogP contribution in [0.3, 0.4) is 0 Å². The summed E-state index contributed by atoms with van der Waals surface area (Å²) in [6.07, 6.45) is 4.08. The minimum atomic E-state index is -0.582. The van der Waals surface area contributed by atoms with E-state index in [1.807, 2.05) is 0 Å². The van der Waals surface area contributed by atoms with Crippen molar-refractivity contribution >= 4 is 5.78 Å². The molecule has 0 bridgehead atoms. The van der Waals surface area contributed by atoms with E-state index in [-0.39, 0.29) is 11.7 Å². The Morgan fingerprint density at radius 3 is 2.86 bits per heavy atom. The summed E-state index contributed by atoms with van der Waals surface area (Å²) in [6.45, 7) is 12.9. The average Bonchev–Trinajstić information content (AvgIpc) is 2.77. The second-order valence-electron chi connectivity index (χ2n) is 7.39. The Morgan fingerprint density at radius 1 is 1.32 bits per heavy atom. The van der Waals surface area contributed by atoms with Gasteiger partial charge in [0.1, 0.15) is 5.78 Å². The summed E-state index contributed by atoms with van der Waals surface area (Å²) in [7, 11) is 0. The van der Waals surface area contributed by atoms with Crippen molar-refractivity contribution in [2.75, 3.05) is 0 Å². The Kier molecular flexibility index (Phi) is 2.58. The molecule has 0 unspecified atom stereocenters. The normalized spacial score (nSPS) is 45.8. The van der Waals surface area contributed by atoms with Gasteiger partial charge in [0.15, 0.2) is 0 Å². The Bertz CT molecular complexity index is 725. The van der Waals surface area contributed by atoms with Crippen molar-refractivity contribution in [1.29, 1.82) is 0 Å². The zero-order valence-corrected chi connectivity index (χ0v) is 12.7. The highest BCUT2D eigenvalue weighted by molar-refractivity contribution is 5.88. The van der Waals surface area contributed by atoms with Gasteiger partial charge >= 0.3 is 0 Å². The van der Waals surface area contributed by atoms with Crippen molar-refractivity contribution in [2.24, 2.45) is 28.6 Å². The number of carbonyl (C=O) groups is 1. The van der Waals surface area contributed by atoms with Gasteiger partial charge in [-0.25, -0.2) is 0 Å². The van der Waals surface area contributed by atoms with Crippen molar-refractivity contribution in [3.8, 4) is 11.8 Å². The molecular formula is C20H19O2. The first-order valence-electron chi connectivity index (χ1n) is 8.00. The van der Waals surface area contributed by atoms with Gasteiger partial charge in [-0.3, -0.25) is 4.79 Å². The fraction of sp³-hybridized carbons (Fsp3) is 0.500. The molecule has 22 heavy (non-hydrogen) atoms. The van der Waals surface area contributed by atoms with Crippen molar-refractivity contribution in [3.05, 3.63) is 43.1 Å². The monoisotopic (exact) mass is 291 g/mol. The van der Waals surface area contributed by atoms with Gasteiger partial charge in [-0.1, -0.05) is 12.5 Å². The number of hydrogen-bond acceptors (Lipinski definition) is 2. The second kappa shape index (κ2) is 4.12. The molecule has 3 fully saturated rings. The molecule has 2 nitrogen and oxygen atoms in total. The largest absolute Gasteiger partial charge is 0.860 e. The van der Waals surface area contributed by atoms with Gasteiger partial charge in [0.05, 0.1) is 12.5 Å². The molecule has 0 amide bonds. The van der Waals surface area contributed by atoms with Gasteiger partial charge in [0.25, 0.3) is 0 Å². The summed E-state index contributed by atoms with van der Waals surface area (Å²) in [5.41, 5.74) is 3.60. The Balaban J connectivity index is 1.81. The predicted octanol–water partition coefficient (Wildman–Crippen LogP) is 2.38. The van der Waals surface area contributed by atoms with Crippen LogP contribution in [0.2, 0.25) is 0 Å². The summed E-state index contributed by atoms with van der Waals surface area (Å²) in [6, 6.07) is 0. The highest BCUT2D eigenvalue weighted by Gasteiger charge is 2.62. The van der Waals surface area contributed by atoms with Crippen molar-refractivity contribution in [2.45, 2.75) is 32.1 Å². The molecule has 0 aliphatic heterocycles. The lowest BCUT2D eigenvalue weighted by Gasteiger charge is -2.51. The summed E-state index contributed by atoms with van der Waals surface area (Å²) >= 11 is 0. The molecular weight excluding hydrogens is 272 g/mol. The van der Waals surface area contributed by atoms with Crippen molar-refractivity contribution < 1.29 is 9.90 Å². The van der Waals surface area contributed by atoms with E-state index >= 15 is 0 Å². The smallest absolute Gasteiger partial charge is 0.200 e. The number of allylic oxidation sites excluding steroid dienone is 2. The van der Waals surface area contributed by atoms with Gasteiger partial charge < -0.3 is 5.11 Å². The first-order valence-corrected chi connectivity index (χ1v) is 8.00. The van der Waals surface area contributed by atoms with Crippen LogP contribution >= 0.6 is 0 Å². The predicted molar refractivity (Wildman–Crippen MR) is 81.6 cm³/mol. The maximum atomic E-state index is 12.3. The lowest BCUT2D eigenvalue weighted by atomic mass is 9.48. The lowest BCUT2D eigenvalue weighted by molar-refractivity contribution is -0.292. The SMILES string of the molecule is [CH2][C@]12CC[C@H]3[C@@H](CC(=C)C4=C=C([O-])C#C[C@@]43[CH2+])[C@@H]1CCC2=O. The number of ketones is 1. The van der Waals surface area contributed by atoms with Gasteiger partial charge in [0.2, 0.25) is 5.41 Å². The van der Waals surface area contributed by atoms with E-state index in [4.69, 9.17) is 0 Å². The zero-order valence-electron chi connectivity index (χ0n) is 12.7. The quantitative estimate of drug-likeness (QED) is 0.390. The maximum Gasteiger partial charge on any atom is 0.200 e. The molecule has 4 aliphatic carbocycles. The molecule has 0 heterocycles. The van der Waals surface area contributed by atoms with Gasteiger partial charge in [0, 0.05) is 17.8 Å². The molecule has 1 radical (unpaired) electrons. The van der Waals surface area contributed by atoms with Gasteiger partial charge in [-0.15, -0.1) is 5.73 Å². The van der Waals surface area contributed by atoms with E-state index in [9.17, 15) is 9.90 Å². The van der Waals surface area contributed by atoms with Crippen LogP contribution in [-0.2, 0) is 4.79 Å². The molecule has 3 saturated carbocycles. The molecule has 0 N–H and O–H groups in total. The van der Waals surface area contributed by atoms with Crippen LogP contribution in [0.1, 0.15) is 32.1 Å². The summed E-state index contributed by atoms with van der Waals surface area (Å²) in [5.74, 6) is 6.71. The van der Waals surface area contributed by atoms with Crippen molar-refractivity contribution in [3.63, 3.8) is 0 Å². The molecule has 0 spiro atoms. The highest BCUT2D eigenvalue weighted by Crippen LogP contribution is 2.63. The lowest BCUT2D eigenvalue weighted by Crippen LogP contribution is -2.50. The molecule has 0 saturated heterocycles. The second-order valence-corrected chi connectivity index (χ2v) is 7.39. The molecule has 0 aromatic carbocycles. The molecule has 4 aliphatic rings. The molecule has 5 atom stereocenters. The van der Waals surface area contributed by atoms with E-state index in [1.54, 1.807) is 0 Å². The van der Waals surface area contributed by atoms with Crippen LogP contribution in [0.15, 0.2) is 29.2 Å². The number of rotatable bonds is 0. The third kappa shape index (κ3) is 1.53. The van der Waals surface area contributed by atoms with Crippen LogP contribution in [0.4, 0.5) is 0 Å². The van der Waals surface area contributed by atoms with Crippen LogP contribution in [0.25, 0.3) is 0 Å². The first-order chi connectivity index (χ1) is 10.4.